The number of hydrazone groups is 1. The fourth-order valence-electron chi connectivity index (χ4n) is 3.11. The van der Waals surface area contributed by atoms with Gasteiger partial charge in [-0.15, -0.1) is 0 Å². The molecule has 0 aliphatic carbocycles. The molecule has 138 valence electrons. The molecular formula is C20H20N4O2S. The number of thioether (sulfide) groups is 1. The third-order valence-corrected chi connectivity index (χ3v) is 5.46. The molecule has 1 N–H and O–H groups in total. The van der Waals surface area contributed by atoms with Crippen molar-refractivity contribution in [3.05, 3.63) is 59.7 Å². The molecule has 6 nitrogen and oxygen atoms in total. The number of rotatable bonds is 5. The lowest BCUT2D eigenvalue weighted by molar-refractivity contribution is -0.118. The van der Waals surface area contributed by atoms with Gasteiger partial charge in [-0.3, -0.25) is 4.79 Å². The summed E-state index contributed by atoms with van der Waals surface area (Å²) in [4.78, 5) is 16.9. The molecule has 1 unspecified atom stereocenters. The number of nitrogens with zero attached hydrogens (tertiary/aromatic N) is 3. The Hall–Kier alpha value is -2.80. The predicted molar refractivity (Wildman–Crippen MR) is 109 cm³/mol. The molecule has 2 heterocycles. The lowest BCUT2D eigenvalue weighted by atomic mass is 10.0. The van der Waals surface area contributed by atoms with Crippen LogP contribution in [0.25, 0.3) is 0 Å². The van der Waals surface area contributed by atoms with Gasteiger partial charge in [0, 0.05) is 24.7 Å². The van der Waals surface area contributed by atoms with E-state index in [4.69, 9.17) is 9.73 Å². The number of nitrogens with one attached hydrogen (secondary N) is 1. The van der Waals surface area contributed by atoms with Crippen molar-refractivity contribution in [1.29, 1.82) is 0 Å². The smallest absolute Gasteiger partial charge is 0.230 e. The van der Waals surface area contributed by atoms with Crippen LogP contribution in [0.5, 0.6) is 5.75 Å². The Morgan fingerprint density at radius 1 is 1.26 bits per heavy atom. The fourth-order valence-corrected chi connectivity index (χ4v) is 3.94. The van der Waals surface area contributed by atoms with Gasteiger partial charge in [0.2, 0.25) is 5.91 Å². The van der Waals surface area contributed by atoms with Gasteiger partial charge in [0.25, 0.3) is 0 Å². The highest BCUT2D eigenvalue weighted by Crippen LogP contribution is 2.40. The van der Waals surface area contributed by atoms with E-state index >= 15 is 0 Å². The van der Waals surface area contributed by atoms with Crippen LogP contribution in [0, 0.1) is 0 Å². The minimum Gasteiger partial charge on any atom is -0.497 e. The molecular weight excluding hydrogens is 360 g/mol. The van der Waals surface area contributed by atoms with Crippen molar-refractivity contribution < 1.29 is 9.53 Å². The molecule has 4 rings (SSSR count). The van der Waals surface area contributed by atoms with Crippen molar-refractivity contribution in [2.24, 2.45) is 10.1 Å². The van der Waals surface area contributed by atoms with Crippen molar-refractivity contribution in [3.63, 3.8) is 0 Å². The van der Waals surface area contributed by atoms with Gasteiger partial charge in [-0.05, 0) is 23.8 Å². The van der Waals surface area contributed by atoms with E-state index in [1.807, 2.05) is 53.7 Å². The van der Waals surface area contributed by atoms with Crippen LogP contribution in [0.15, 0.2) is 58.6 Å². The summed E-state index contributed by atoms with van der Waals surface area (Å²) in [6.07, 6.45) is 2.77. The van der Waals surface area contributed by atoms with E-state index in [-0.39, 0.29) is 11.9 Å². The van der Waals surface area contributed by atoms with E-state index in [2.05, 4.69) is 16.5 Å². The number of ether oxygens (including phenoxy) is 1. The van der Waals surface area contributed by atoms with Crippen molar-refractivity contribution in [1.82, 2.24) is 10.3 Å². The molecule has 0 saturated heterocycles. The first-order valence-corrected chi connectivity index (χ1v) is 9.75. The van der Waals surface area contributed by atoms with E-state index in [9.17, 15) is 4.79 Å². The third-order valence-electron chi connectivity index (χ3n) is 4.52. The summed E-state index contributed by atoms with van der Waals surface area (Å²) in [5, 5.41) is 10.1. The van der Waals surface area contributed by atoms with Crippen LogP contribution in [0.2, 0.25) is 0 Å². The maximum atomic E-state index is 12.3. The molecule has 2 aliphatic rings. The zero-order valence-corrected chi connectivity index (χ0v) is 15.8. The molecule has 1 amide bonds. The molecule has 0 radical (unpaired) electrons. The molecule has 27 heavy (non-hydrogen) atoms. The zero-order chi connectivity index (χ0) is 18.6. The normalized spacial score (nSPS) is 17.1. The molecule has 2 aromatic rings. The number of para-hydroxylation sites is 1. The van der Waals surface area contributed by atoms with Gasteiger partial charge in [0.1, 0.15) is 5.75 Å². The minimum absolute atomic E-state index is 0.0305. The molecule has 0 spiro atoms. The van der Waals surface area contributed by atoms with Crippen LogP contribution >= 0.6 is 11.8 Å². The highest BCUT2D eigenvalue weighted by atomic mass is 32.2. The van der Waals surface area contributed by atoms with Gasteiger partial charge in [0.15, 0.2) is 5.17 Å². The number of benzene rings is 2. The third kappa shape index (κ3) is 3.83. The lowest BCUT2D eigenvalue weighted by Crippen LogP contribution is -2.30. The number of aliphatic imine (C=N–C) groups is 1. The summed E-state index contributed by atoms with van der Waals surface area (Å²) in [7, 11) is 1.63. The van der Waals surface area contributed by atoms with E-state index < -0.39 is 0 Å². The number of hydrogen-bond acceptors (Lipinski definition) is 6. The van der Waals surface area contributed by atoms with E-state index in [0.29, 0.717) is 12.3 Å². The van der Waals surface area contributed by atoms with Crippen molar-refractivity contribution in [2.45, 2.75) is 19.0 Å². The fraction of sp³-hybridized carbons (Fsp3) is 0.250. The first-order chi connectivity index (χ1) is 13.2. The molecule has 7 heteroatoms. The average molecular weight is 380 g/mol. The predicted octanol–water partition coefficient (Wildman–Crippen LogP) is 3.48. The van der Waals surface area contributed by atoms with Crippen LogP contribution in [-0.2, 0) is 11.3 Å². The minimum atomic E-state index is -0.0305. The van der Waals surface area contributed by atoms with Crippen molar-refractivity contribution >= 4 is 34.7 Å². The molecule has 2 aromatic carbocycles. The highest BCUT2D eigenvalue weighted by molar-refractivity contribution is 8.14. The first-order valence-electron chi connectivity index (χ1n) is 8.76. The van der Waals surface area contributed by atoms with Gasteiger partial charge >= 0.3 is 0 Å². The second-order valence-electron chi connectivity index (χ2n) is 6.26. The summed E-state index contributed by atoms with van der Waals surface area (Å²) >= 11 is 1.42. The number of amides is 1. The molecule has 0 aromatic heterocycles. The topological polar surface area (TPSA) is 66.3 Å². The summed E-state index contributed by atoms with van der Waals surface area (Å²) in [5.41, 5.74) is 3.18. The Morgan fingerprint density at radius 2 is 2.07 bits per heavy atom. The summed E-state index contributed by atoms with van der Waals surface area (Å²) < 4.78 is 5.14. The second-order valence-corrected chi connectivity index (χ2v) is 7.20. The van der Waals surface area contributed by atoms with Gasteiger partial charge in [0.05, 0.1) is 24.6 Å². The summed E-state index contributed by atoms with van der Waals surface area (Å²) in [5.74, 6) is 1.07. The Labute approximate surface area is 162 Å². The molecule has 2 aliphatic heterocycles. The SMILES string of the molecule is COc1ccc(CNC(=O)CSC2=Nc3ccccc3C3CC=NN23)cc1. The number of hydrogen-bond donors (Lipinski definition) is 1. The molecule has 0 fully saturated rings. The van der Waals surface area contributed by atoms with Gasteiger partial charge in [-0.25, -0.2) is 10.0 Å². The number of methoxy groups -OCH3 is 1. The summed E-state index contributed by atoms with van der Waals surface area (Å²) in [6, 6.07) is 15.9. The van der Waals surface area contributed by atoms with Crippen LogP contribution in [0.4, 0.5) is 5.69 Å². The quantitative estimate of drug-likeness (QED) is 0.862. The van der Waals surface area contributed by atoms with Gasteiger partial charge in [-0.2, -0.15) is 5.10 Å². The second kappa shape index (κ2) is 7.84. The lowest BCUT2D eigenvalue weighted by Gasteiger charge is -2.29. The number of carbonyl (C=O) groups excluding carboxylic acids is 1. The molecule has 0 saturated carbocycles. The van der Waals surface area contributed by atoms with Crippen LogP contribution in [0.1, 0.15) is 23.6 Å². The van der Waals surface area contributed by atoms with E-state index in [0.717, 1.165) is 28.6 Å². The van der Waals surface area contributed by atoms with Gasteiger partial charge < -0.3 is 10.1 Å². The number of fused-ring (bicyclic) bond motifs is 3. The number of carbonyl (C=O) groups is 1. The standard InChI is InChI=1S/C20H20N4O2S/c1-26-15-8-6-14(7-9-15)12-21-19(25)13-27-20-23-17-5-3-2-4-16(17)18-10-11-22-24(18)20/h2-9,11,18H,10,12-13H2,1H3,(H,21,25). The van der Waals surface area contributed by atoms with Gasteiger partial charge in [-0.1, -0.05) is 42.1 Å². The zero-order valence-electron chi connectivity index (χ0n) is 15.0. The Kier molecular flexibility index (Phi) is 5.11. The van der Waals surface area contributed by atoms with E-state index in [1.54, 1.807) is 7.11 Å². The van der Waals surface area contributed by atoms with Crippen LogP contribution in [0.3, 0.4) is 0 Å². The molecule has 1 atom stereocenters. The summed E-state index contributed by atoms with van der Waals surface area (Å²) in [6.45, 7) is 0.489. The highest BCUT2D eigenvalue weighted by Gasteiger charge is 2.32. The Morgan fingerprint density at radius 3 is 2.89 bits per heavy atom. The monoisotopic (exact) mass is 380 g/mol. The molecule has 0 bridgehead atoms. The largest absolute Gasteiger partial charge is 0.497 e. The first kappa shape index (κ1) is 17.6. The Balaban J connectivity index is 1.35. The maximum absolute atomic E-state index is 12.3. The number of amidine groups is 1. The van der Waals surface area contributed by atoms with Crippen LogP contribution < -0.4 is 10.1 Å². The van der Waals surface area contributed by atoms with Crippen LogP contribution in [-0.4, -0.2) is 35.2 Å². The average Bonchev–Trinajstić information content (AvgIpc) is 3.21. The van der Waals surface area contributed by atoms with E-state index in [1.165, 1.54) is 17.3 Å². The van der Waals surface area contributed by atoms with Crippen molar-refractivity contribution in [3.8, 4) is 5.75 Å². The Bertz CT molecular complexity index is 895. The van der Waals surface area contributed by atoms with Crippen molar-refractivity contribution in [2.75, 3.05) is 12.9 Å². The maximum Gasteiger partial charge on any atom is 0.230 e.